The fourth-order valence-corrected chi connectivity index (χ4v) is 4.93. The summed E-state index contributed by atoms with van der Waals surface area (Å²) in [6, 6.07) is 0. The van der Waals surface area contributed by atoms with Crippen molar-refractivity contribution in [3.63, 3.8) is 0 Å². The van der Waals surface area contributed by atoms with Crippen molar-refractivity contribution in [2.45, 2.75) is 73.2 Å². The molecule has 0 aliphatic heterocycles. The van der Waals surface area contributed by atoms with Crippen LogP contribution in [0.5, 0.6) is 0 Å². The first-order valence-corrected chi connectivity index (χ1v) is 14.0. The van der Waals surface area contributed by atoms with Crippen LogP contribution in [0.15, 0.2) is 0 Å². The van der Waals surface area contributed by atoms with Crippen LogP contribution in [0.2, 0.25) is 0 Å². The van der Waals surface area contributed by atoms with Gasteiger partial charge in [0.1, 0.15) is 0 Å². The molecule has 0 aromatic carbocycles. The van der Waals surface area contributed by atoms with Crippen LogP contribution < -0.4 is 0 Å². The average molecular weight is 655 g/mol. The van der Waals surface area contributed by atoms with Gasteiger partial charge in [-0.1, -0.05) is 0 Å². The fourth-order valence-electron chi connectivity index (χ4n) is 2.55. The van der Waals surface area contributed by atoms with Crippen LogP contribution in [-0.4, -0.2) is 205 Å². The van der Waals surface area contributed by atoms with E-state index in [2.05, 4.69) is 10.6 Å². The molecule has 0 saturated heterocycles. The van der Waals surface area contributed by atoms with Gasteiger partial charge in [-0.2, -0.15) is 0 Å². The van der Waals surface area contributed by atoms with Crippen molar-refractivity contribution in [3.05, 3.63) is 0 Å². The molecule has 0 aromatic heterocycles. The van der Waals surface area contributed by atoms with Crippen molar-refractivity contribution in [1.82, 2.24) is 0 Å². The molecule has 0 rings (SSSR count). The van der Waals surface area contributed by atoms with Gasteiger partial charge in [0.25, 0.3) is 0 Å². The Morgan fingerprint density at radius 1 is 0.425 bits per heavy atom. The van der Waals surface area contributed by atoms with E-state index in [1.165, 1.54) is 0 Å². The van der Waals surface area contributed by atoms with Crippen LogP contribution in [0.3, 0.4) is 0 Å². The molecule has 0 spiro atoms. The summed E-state index contributed by atoms with van der Waals surface area (Å²) in [5.74, 6) is -6.09. The monoisotopic (exact) mass is 654 g/mol. The number of rotatable bonds is 18. The molecule has 0 aromatic rings. The Morgan fingerprint density at radius 3 is 0.800 bits per heavy atom. The van der Waals surface area contributed by atoms with Gasteiger partial charge in [-0.3, -0.25) is 0 Å². The van der Waals surface area contributed by atoms with E-state index >= 15 is 0 Å². The topological polar surface area (TPSA) is 382 Å². The van der Waals surface area contributed by atoms with Gasteiger partial charge in [0, 0.05) is 0 Å². The van der Waals surface area contributed by atoms with E-state index in [-0.39, 0.29) is 0 Å². The molecule has 21 nitrogen and oxygen atoms in total. The molecule has 234 valence electrons. The Morgan fingerprint density at radius 2 is 0.625 bits per heavy atom. The molecule has 0 radical (unpaired) electrons. The number of carbonyl (C=O) groups excluding carboxylic acids is 3. The van der Waals surface area contributed by atoms with Crippen molar-refractivity contribution in [2.75, 3.05) is 19.8 Å². The molecule has 15 N–H and O–H groups in total. The van der Waals surface area contributed by atoms with Gasteiger partial charge < -0.3 is 0 Å². The van der Waals surface area contributed by atoms with Crippen molar-refractivity contribution >= 4 is 35.2 Å². The number of carbonyl (C=O) groups is 3. The zero-order valence-corrected chi connectivity index (χ0v) is 22.7. The molecule has 0 amide bonds. The van der Waals surface area contributed by atoms with Crippen molar-refractivity contribution in [2.24, 2.45) is 0 Å². The Labute approximate surface area is 230 Å². The molecule has 0 bridgehead atoms. The normalized spacial score (nSPS) is 20.8. The van der Waals surface area contributed by atoms with Crippen molar-refractivity contribution < 1.29 is 102 Å². The maximum absolute atomic E-state index is 12.2. The van der Waals surface area contributed by atoms with E-state index < -0.39 is 128 Å². The maximum atomic E-state index is 12.2. The van der Waals surface area contributed by atoms with Crippen molar-refractivity contribution in [1.29, 1.82) is 0 Å². The van der Waals surface area contributed by atoms with Crippen molar-refractivity contribution in [3.8, 4) is 0 Å². The molecule has 0 heterocycles. The second-order valence-corrected chi connectivity index (χ2v) is 10.8. The summed E-state index contributed by atoms with van der Waals surface area (Å²) < 4.78 is 13.4. The molecule has 0 fully saturated rings. The third-order valence-electron chi connectivity index (χ3n) is 5.13. The fraction of sp³-hybridized carbons (Fsp3) is 0.833. The third-order valence-corrected chi connectivity index (χ3v) is 7.80. The molecule has 22 heteroatoms. The van der Waals surface area contributed by atoms with Crippen LogP contribution in [0.1, 0.15) is 0 Å². The summed E-state index contributed by atoms with van der Waals surface area (Å²) in [7, 11) is 0. The van der Waals surface area contributed by atoms with Crippen LogP contribution >= 0.6 is 0 Å². The second kappa shape index (κ2) is 18.1. The SMILES string of the molecule is O=C([O][Ga]([O]C(=O)[C@H](O)[C@@H](O)[C@H](O)[C@H](O)CO)[O]C(=O)[C@H](O)[C@@H](O)[C@H](O)[C@H](O)CO)[C@H](O)[C@@H](O)[C@H](O)[C@H](O)CO. The Kier molecular flexibility index (Phi) is 17.4. The number of hydrogen-bond donors (Lipinski definition) is 15. The third kappa shape index (κ3) is 11.0. The molecule has 12 atom stereocenters. The van der Waals surface area contributed by atoms with E-state index in [0.29, 0.717) is 0 Å². The minimum atomic E-state index is -5.44. The van der Waals surface area contributed by atoms with Gasteiger partial charge in [-0.15, -0.1) is 0 Å². The standard InChI is InChI=1S/3C6H12O7.Ga/c3*7-1-2(8)3(9)4(10)5(11)6(12)13;/h3*2-5,7-11H,1H2,(H,12,13);/q;;;+3/p-3/t3*2-,3-,4+,5-;/m111./s1. The minimum absolute atomic E-state index is 1.15. The van der Waals surface area contributed by atoms with Crippen LogP contribution in [0.25, 0.3) is 0 Å². The molecule has 0 aliphatic rings. The average Bonchev–Trinajstić information content (AvgIpc) is 2.95. The second-order valence-electron chi connectivity index (χ2n) is 8.13. The number of aliphatic hydroxyl groups is 15. The predicted molar refractivity (Wildman–Crippen MR) is 117 cm³/mol. The van der Waals surface area contributed by atoms with E-state index in [1.807, 2.05) is 0 Å². The molecular formula is C18H33GaO21. The number of aliphatic hydroxyl groups excluding tert-OH is 15. The first kappa shape index (κ1) is 38.4. The summed E-state index contributed by atoms with van der Waals surface area (Å²) in [5.41, 5.74) is 0. The predicted octanol–water partition coefficient (Wildman–Crippen LogP) is -11.1. The van der Waals surface area contributed by atoms with E-state index in [4.69, 9.17) is 15.3 Å². The summed E-state index contributed by atoms with van der Waals surface area (Å²) in [5, 5.41) is 142. The van der Waals surface area contributed by atoms with Gasteiger partial charge in [0.05, 0.1) is 0 Å². The molecule has 0 saturated carbocycles. The Bertz CT molecular complexity index is 687. The van der Waals surface area contributed by atoms with Crippen LogP contribution in [-0.2, 0) is 25.0 Å². The van der Waals surface area contributed by atoms with Crippen LogP contribution in [0.4, 0.5) is 0 Å². The zero-order valence-electron chi connectivity index (χ0n) is 20.3. The van der Waals surface area contributed by atoms with Gasteiger partial charge in [0.15, 0.2) is 0 Å². The van der Waals surface area contributed by atoms with E-state index in [1.54, 1.807) is 0 Å². The first-order chi connectivity index (χ1) is 18.5. The van der Waals surface area contributed by atoms with Gasteiger partial charge >= 0.3 is 230 Å². The van der Waals surface area contributed by atoms with Gasteiger partial charge in [0.2, 0.25) is 0 Å². The summed E-state index contributed by atoms with van der Waals surface area (Å²) >= 11 is -5.44. The Balaban J connectivity index is 5.86. The summed E-state index contributed by atoms with van der Waals surface area (Å²) in [6.45, 7) is -3.45. The van der Waals surface area contributed by atoms with Crippen LogP contribution in [0, 0.1) is 0 Å². The molecular weight excluding hydrogens is 622 g/mol. The van der Waals surface area contributed by atoms with E-state index in [0.717, 1.165) is 0 Å². The Hall–Kier alpha value is -1.55. The molecule has 0 aliphatic carbocycles. The summed E-state index contributed by atoms with van der Waals surface area (Å²) in [6.07, 6.45) is -29.5. The number of hydrogen-bond acceptors (Lipinski definition) is 21. The molecule has 0 unspecified atom stereocenters. The van der Waals surface area contributed by atoms with Gasteiger partial charge in [-0.05, 0) is 0 Å². The van der Waals surface area contributed by atoms with E-state index in [9.17, 15) is 75.7 Å². The zero-order chi connectivity index (χ0) is 31.5. The quantitative estimate of drug-likeness (QED) is 0.0609. The molecule has 40 heavy (non-hydrogen) atoms. The van der Waals surface area contributed by atoms with Gasteiger partial charge in [-0.25, -0.2) is 0 Å². The summed E-state index contributed by atoms with van der Waals surface area (Å²) in [4.78, 5) is 36.6. The first-order valence-electron chi connectivity index (χ1n) is 11.1.